The zero-order valence-corrected chi connectivity index (χ0v) is 38.5. The zero-order chi connectivity index (χ0) is 44.5. The fourth-order valence-electron chi connectivity index (χ4n) is 7.64. The molecule has 2 heterocycles. The van der Waals surface area contributed by atoms with E-state index >= 15 is 0 Å². The average Bonchev–Trinajstić information content (AvgIpc) is 3.80. The number of carbonyl (C=O) groups is 4. The van der Waals surface area contributed by atoms with Crippen molar-refractivity contribution in [3.8, 4) is 0 Å². The maximum Gasteiger partial charge on any atom is 0.410 e. The van der Waals surface area contributed by atoms with E-state index in [2.05, 4.69) is 23.5 Å². The Bertz CT molecular complexity index is 1620. The second-order valence-corrected chi connectivity index (χ2v) is 20.5. The van der Waals surface area contributed by atoms with Crippen LogP contribution >= 0.6 is 0 Å². The Hall–Kier alpha value is -4.16. The van der Waals surface area contributed by atoms with Gasteiger partial charge in [0.25, 0.3) is 0 Å². The lowest BCUT2D eigenvalue weighted by Gasteiger charge is -2.28. The van der Waals surface area contributed by atoms with Crippen LogP contribution in [-0.2, 0) is 59.3 Å². The third kappa shape index (κ3) is 16.7. The molecule has 12 heteroatoms. The van der Waals surface area contributed by atoms with E-state index in [9.17, 15) is 19.2 Å². The van der Waals surface area contributed by atoms with Crippen LogP contribution in [0.15, 0.2) is 48.5 Å². The molecule has 1 N–H and O–H groups in total. The van der Waals surface area contributed by atoms with Crippen molar-refractivity contribution in [1.82, 2.24) is 15.1 Å². The van der Waals surface area contributed by atoms with Crippen molar-refractivity contribution in [3.63, 3.8) is 0 Å². The number of hydrogen-bond donors (Lipinski definition) is 1. The van der Waals surface area contributed by atoms with E-state index in [1.807, 2.05) is 113 Å². The van der Waals surface area contributed by atoms with Gasteiger partial charge in [-0.1, -0.05) is 48.5 Å². The van der Waals surface area contributed by atoms with Gasteiger partial charge in [0.05, 0.1) is 25.0 Å². The molecule has 0 saturated carbocycles. The average molecular weight is 836 g/mol. The van der Waals surface area contributed by atoms with Crippen molar-refractivity contribution in [3.05, 3.63) is 70.8 Å². The van der Waals surface area contributed by atoms with Crippen LogP contribution in [0.3, 0.4) is 0 Å². The molecule has 4 rings (SSSR count). The largest absolute Gasteiger partial charge is 0.460 e. The SMILES string of the molecule is CC(C)(C)OC(=O)[C@@H](Cc1cccc(CNCCOCc2cccc(C[C@H](C(=O)OC(C)(C)C)[C@H]3CCN(C(=O)OC(C)(C)C)C3)c2)c1)[C@H]1CCN(C(=O)OC(C)(C)C)C1. The Kier molecular flexibility index (Phi) is 16.7. The second kappa shape index (κ2) is 20.6. The molecule has 2 aliphatic heterocycles. The van der Waals surface area contributed by atoms with Gasteiger partial charge in [-0.3, -0.25) is 9.59 Å². The van der Waals surface area contributed by atoms with Gasteiger partial charge in [-0.2, -0.15) is 0 Å². The second-order valence-electron chi connectivity index (χ2n) is 20.5. The molecule has 0 radical (unpaired) electrons. The van der Waals surface area contributed by atoms with Crippen molar-refractivity contribution >= 4 is 24.1 Å². The summed E-state index contributed by atoms with van der Waals surface area (Å²) in [6.07, 6.45) is 1.72. The summed E-state index contributed by atoms with van der Waals surface area (Å²) in [6, 6.07) is 16.4. The van der Waals surface area contributed by atoms with Crippen molar-refractivity contribution < 1.29 is 42.9 Å². The summed E-state index contributed by atoms with van der Waals surface area (Å²) in [7, 11) is 0. The third-order valence-electron chi connectivity index (χ3n) is 10.2. The Morgan fingerprint density at radius 2 is 1.00 bits per heavy atom. The molecule has 12 nitrogen and oxygen atoms in total. The molecule has 2 saturated heterocycles. The van der Waals surface area contributed by atoms with E-state index in [1.54, 1.807) is 9.80 Å². The van der Waals surface area contributed by atoms with Gasteiger partial charge in [0.15, 0.2) is 0 Å². The molecule has 0 unspecified atom stereocenters. The normalized spacial score (nSPS) is 18.5. The van der Waals surface area contributed by atoms with Gasteiger partial charge < -0.3 is 38.8 Å². The molecular weight excluding hydrogens is 763 g/mol. The first kappa shape index (κ1) is 48.5. The lowest BCUT2D eigenvalue weighted by molar-refractivity contribution is -0.163. The molecule has 0 bridgehead atoms. The highest BCUT2D eigenvalue weighted by molar-refractivity contribution is 5.75. The highest BCUT2D eigenvalue weighted by Gasteiger charge is 2.40. The van der Waals surface area contributed by atoms with E-state index in [0.717, 1.165) is 22.3 Å². The minimum Gasteiger partial charge on any atom is -0.460 e. The summed E-state index contributed by atoms with van der Waals surface area (Å²) in [6.45, 7) is 26.6. The standard InChI is InChI=1S/C48H73N3O9/c1-45(2,3)57-41(52)39(37-19-22-50(30-37)43(54)59-47(7,8)9)27-33-15-13-17-35(25-33)29-49-21-24-56-32-36-18-14-16-34(26-36)28-40(42(53)58-46(4,5)6)38-20-23-51(31-38)44(55)60-48(10,11)12/h13-18,25-26,37-40,49H,19-24,27-32H2,1-12H3/t37-,38-,39-,40-/m0/s1. The molecule has 2 aromatic rings. The molecule has 2 aromatic carbocycles. The monoisotopic (exact) mass is 836 g/mol. The first-order chi connectivity index (χ1) is 27.8. The van der Waals surface area contributed by atoms with Crippen molar-refractivity contribution in [2.24, 2.45) is 23.7 Å². The van der Waals surface area contributed by atoms with Crippen LogP contribution in [-0.4, -0.2) is 95.7 Å². The maximum atomic E-state index is 13.6. The molecule has 0 aromatic heterocycles. The van der Waals surface area contributed by atoms with Gasteiger partial charge in [-0.05, 0) is 143 Å². The number of rotatable bonds is 15. The fraction of sp³-hybridized carbons (Fsp3) is 0.667. The topological polar surface area (TPSA) is 133 Å². The third-order valence-corrected chi connectivity index (χ3v) is 10.2. The Morgan fingerprint density at radius 1 is 0.600 bits per heavy atom. The molecule has 0 spiro atoms. The highest BCUT2D eigenvalue weighted by atomic mass is 16.6. The van der Waals surface area contributed by atoms with Gasteiger partial charge in [0.1, 0.15) is 22.4 Å². The lowest BCUT2D eigenvalue weighted by Crippen LogP contribution is -2.38. The molecule has 2 aliphatic rings. The first-order valence-electron chi connectivity index (χ1n) is 21.7. The Balaban J connectivity index is 1.29. The highest BCUT2D eigenvalue weighted by Crippen LogP contribution is 2.33. The number of likely N-dealkylation sites (tertiary alicyclic amines) is 2. The van der Waals surface area contributed by atoms with Crippen molar-refractivity contribution in [1.29, 1.82) is 0 Å². The van der Waals surface area contributed by atoms with Crippen molar-refractivity contribution in [2.45, 2.75) is 144 Å². The number of amides is 2. The minimum atomic E-state index is -0.625. The quantitative estimate of drug-likeness (QED) is 0.106. The molecule has 4 atom stereocenters. The zero-order valence-electron chi connectivity index (χ0n) is 38.5. The first-order valence-corrected chi connectivity index (χ1v) is 21.7. The maximum absolute atomic E-state index is 13.6. The van der Waals surface area contributed by atoms with Gasteiger partial charge >= 0.3 is 24.1 Å². The predicted octanol–water partition coefficient (Wildman–Crippen LogP) is 8.51. The van der Waals surface area contributed by atoms with Crippen LogP contribution in [0.1, 0.15) is 118 Å². The predicted molar refractivity (Wildman–Crippen MR) is 232 cm³/mol. The summed E-state index contributed by atoms with van der Waals surface area (Å²) in [5.74, 6) is -1.38. The molecule has 2 amide bonds. The van der Waals surface area contributed by atoms with E-state index < -0.39 is 34.2 Å². The Morgan fingerprint density at radius 3 is 1.43 bits per heavy atom. The fourth-order valence-corrected chi connectivity index (χ4v) is 7.64. The van der Waals surface area contributed by atoms with Gasteiger partial charge in [-0.15, -0.1) is 0 Å². The molecule has 334 valence electrons. The van der Waals surface area contributed by atoms with Crippen LogP contribution in [0.25, 0.3) is 0 Å². The van der Waals surface area contributed by atoms with Crippen molar-refractivity contribution in [2.75, 3.05) is 39.3 Å². The smallest absolute Gasteiger partial charge is 0.410 e. The number of carbonyl (C=O) groups excluding carboxylic acids is 4. The van der Waals surface area contributed by atoms with E-state index in [1.165, 1.54) is 0 Å². The van der Waals surface area contributed by atoms with Crippen LogP contribution in [0, 0.1) is 23.7 Å². The summed E-state index contributed by atoms with van der Waals surface area (Å²) >= 11 is 0. The van der Waals surface area contributed by atoms with Crippen LogP contribution < -0.4 is 5.32 Å². The summed E-state index contributed by atoms with van der Waals surface area (Å²) < 4.78 is 29.0. The molecule has 60 heavy (non-hydrogen) atoms. The number of ether oxygens (including phenoxy) is 5. The number of hydrogen-bond acceptors (Lipinski definition) is 10. The molecule has 2 fully saturated rings. The number of nitrogens with one attached hydrogen (secondary N) is 1. The van der Waals surface area contributed by atoms with E-state index in [4.69, 9.17) is 23.7 Å². The lowest BCUT2D eigenvalue weighted by atomic mass is 9.85. The van der Waals surface area contributed by atoms with E-state index in [0.29, 0.717) is 78.2 Å². The van der Waals surface area contributed by atoms with E-state index in [-0.39, 0.29) is 36.0 Å². The van der Waals surface area contributed by atoms with Gasteiger partial charge in [-0.25, -0.2) is 9.59 Å². The minimum absolute atomic E-state index is 0.0394. The number of nitrogens with zero attached hydrogens (tertiary/aromatic N) is 2. The number of esters is 2. The van der Waals surface area contributed by atoms with Gasteiger partial charge in [0, 0.05) is 39.3 Å². The van der Waals surface area contributed by atoms with Crippen LogP contribution in [0.4, 0.5) is 9.59 Å². The van der Waals surface area contributed by atoms with Crippen LogP contribution in [0.2, 0.25) is 0 Å². The van der Waals surface area contributed by atoms with Gasteiger partial charge in [0.2, 0.25) is 0 Å². The number of benzene rings is 2. The summed E-state index contributed by atoms with van der Waals surface area (Å²) in [5, 5.41) is 3.47. The van der Waals surface area contributed by atoms with Crippen LogP contribution in [0.5, 0.6) is 0 Å². The Labute approximate surface area is 359 Å². The summed E-state index contributed by atoms with van der Waals surface area (Å²) in [5.41, 5.74) is 1.75. The molecule has 0 aliphatic carbocycles. The molecular formula is C48H73N3O9. The summed E-state index contributed by atoms with van der Waals surface area (Å²) in [4.78, 5) is 56.1.